The average molecular weight is 298 g/mol. The third kappa shape index (κ3) is 2.31. The summed E-state index contributed by atoms with van der Waals surface area (Å²) in [5, 5.41) is 0. The van der Waals surface area contributed by atoms with Gasteiger partial charge in [-0.25, -0.2) is 17.5 Å². The Kier molecular flexibility index (Phi) is 3.25. The second kappa shape index (κ2) is 4.70. The summed E-state index contributed by atoms with van der Waals surface area (Å²) in [6.07, 6.45) is 4.21. The summed E-state index contributed by atoms with van der Waals surface area (Å²) < 4.78 is 41.3. The Morgan fingerprint density at radius 2 is 2.05 bits per heavy atom. The molecular formula is C14H19FN2O2S. The lowest BCUT2D eigenvalue weighted by Gasteiger charge is -2.23. The van der Waals surface area contributed by atoms with E-state index in [0.29, 0.717) is 23.1 Å². The maximum absolute atomic E-state index is 13.9. The number of aryl methyl sites for hydroxylation is 1. The Morgan fingerprint density at radius 1 is 1.30 bits per heavy atom. The number of hydrogen-bond donors (Lipinski definition) is 2. The van der Waals surface area contributed by atoms with Crippen molar-refractivity contribution in [1.29, 1.82) is 0 Å². The van der Waals surface area contributed by atoms with Gasteiger partial charge in [0.15, 0.2) is 0 Å². The van der Waals surface area contributed by atoms with Crippen molar-refractivity contribution in [3.63, 3.8) is 0 Å². The van der Waals surface area contributed by atoms with E-state index in [1.807, 2.05) is 0 Å². The van der Waals surface area contributed by atoms with Crippen LogP contribution in [0, 0.1) is 24.6 Å². The standard InChI is InChI=1S/C14H19FN2O2S/c1-8-4-11(15)14(7-12(8)16)20(18,19)17-13-6-9-2-3-10(13)5-9/h4,7,9-10,13,17H,2-3,5-6,16H2,1H3. The van der Waals surface area contributed by atoms with Gasteiger partial charge >= 0.3 is 0 Å². The lowest BCUT2D eigenvalue weighted by molar-refractivity contribution is 0.389. The van der Waals surface area contributed by atoms with E-state index in [9.17, 15) is 12.8 Å². The van der Waals surface area contributed by atoms with E-state index >= 15 is 0 Å². The molecule has 2 fully saturated rings. The van der Waals surface area contributed by atoms with Gasteiger partial charge in [-0.3, -0.25) is 0 Å². The molecule has 0 spiro atoms. The van der Waals surface area contributed by atoms with E-state index in [2.05, 4.69) is 4.72 Å². The molecule has 1 aromatic carbocycles. The zero-order valence-corrected chi connectivity index (χ0v) is 12.2. The maximum atomic E-state index is 13.9. The highest BCUT2D eigenvalue weighted by molar-refractivity contribution is 7.89. The van der Waals surface area contributed by atoms with E-state index in [-0.39, 0.29) is 10.9 Å². The van der Waals surface area contributed by atoms with Crippen LogP contribution in [-0.2, 0) is 10.0 Å². The summed E-state index contributed by atoms with van der Waals surface area (Å²) in [5.74, 6) is 0.286. The first-order valence-electron chi connectivity index (χ1n) is 6.95. The van der Waals surface area contributed by atoms with Crippen LogP contribution >= 0.6 is 0 Å². The molecule has 0 aliphatic heterocycles. The summed E-state index contributed by atoms with van der Waals surface area (Å²) in [7, 11) is -3.84. The van der Waals surface area contributed by atoms with Gasteiger partial charge in [0.25, 0.3) is 0 Å². The molecule has 0 saturated heterocycles. The fourth-order valence-electron chi connectivity index (χ4n) is 3.53. The van der Waals surface area contributed by atoms with Gasteiger partial charge in [0.05, 0.1) is 0 Å². The highest BCUT2D eigenvalue weighted by atomic mass is 32.2. The molecule has 0 radical (unpaired) electrons. The fraction of sp³-hybridized carbons (Fsp3) is 0.571. The number of nitrogen functional groups attached to an aromatic ring is 1. The number of benzene rings is 1. The van der Waals surface area contributed by atoms with Crippen LogP contribution in [0.25, 0.3) is 0 Å². The van der Waals surface area contributed by atoms with Crippen LogP contribution in [0.15, 0.2) is 17.0 Å². The van der Waals surface area contributed by atoms with Crippen molar-refractivity contribution in [1.82, 2.24) is 4.72 Å². The van der Waals surface area contributed by atoms with E-state index in [1.54, 1.807) is 6.92 Å². The van der Waals surface area contributed by atoms with Crippen molar-refractivity contribution < 1.29 is 12.8 Å². The van der Waals surface area contributed by atoms with Gasteiger partial charge in [0.1, 0.15) is 10.7 Å². The van der Waals surface area contributed by atoms with Crippen molar-refractivity contribution in [3.05, 3.63) is 23.5 Å². The lowest BCUT2D eigenvalue weighted by Crippen LogP contribution is -2.38. The third-order valence-electron chi connectivity index (χ3n) is 4.65. The monoisotopic (exact) mass is 298 g/mol. The highest BCUT2D eigenvalue weighted by Crippen LogP contribution is 2.44. The minimum Gasteiger partial charge on any atom is -0.398 e. The Labute approximate surface area is 118 Å². The molecule has 6 heteroatoms. The Balaban J connectivity index is 1.87. The van der Waals surface area contributed by atoms with Crippen LogP contribution in [0.4, 0.5) is 10.1 Å². The Morgan fingerprint density at radius 3 is 2.65 bits per heavy atom. The minimum atomic E-state index is -3.84. The van der Waals surface area contributed by atoms with Gasteiger partial charge in [0.2, 0.25) is 10.0 Å². The first kappa shape index (κ1) is 13.8. The molecule has 0 aromatic heterocycles. The number of anilines is 1. The summed E-state index contributed by atoms with van der Waals surface area (Å²) in [4.78, 5) is -0.344. The molecule has 110 valence electrons. The maximum Gasteiger partial charge on any atom is 0.243 e. The molecule has 20 heavy (non-hydrogen) atoms. The SMILES string of the molecule is Cc1cc(F)c(S(=O)(=O)NC2CC3CCC2C3)cc1N. The molecule has 1 aromatic rings. The smallest absolute Gasteiger partial charge is 0.243 e. The van der Waals surface area contributed by atoms with Crippen molar-refractivity contribution >= 4 is 15.7 Å². The quantitative estimate of drug-likeness (QED) is 0.840. The molecule has 3 unspecified atom stereocenters. The number of halogens is 1. The molecular weight excluding hydrogens is 279 g/mol. The highest BCUT2D eigenvalue weighted by Gasteiger charge is 2.41. The van der Waals surface area contributed by atoms with Gasteiger partial charge < -0.3 is 5.73 Å². The molecule has 2 aliphatic rings. The van der Waals surface area contributed by atoms with Crippen molar-refractivity contribution in [2.45, 2.75) is 43.5 Å². The summed E-state index contributed by atoms with van der Waals surface area (Å²) in [5.41, 5.74) is 6.53. The van der Waals surface area contributed by atoms with E-state index in [1.165, 1.54) is 18.6 Å². The van der Waals surface area contributed by atoms with Crippen LogP contribution in [0.5, 0.6) is 0 Å². The normalized spacial score (nSPS) is 29.0. The summed E-state index contributed by atoms with van der Waals surface area (Å²) >= 11 is 0. The molecule has 2 bridgehead atoms. The summed E-state index contributed by atoms with van der Waals surface area (Å²) in [6, 6.07) is 2.32. The summed E-state index contributed by atoms with van der Waals surface area (Å²) in [6.45, 7) is 1.65. The van der Waals surface area contributed by atoms with Crippen LogP contribution in [0.2, 0.25) is 0 Å². The van der Waals surface area contributed by atoms with E-state index in [0.717, 1.165) is 19.3 Å². The van der Waals surface area contributed by atoms with Crippen LogP contribution in [0.1, 0.15) is 31.2 Å². The lowest BCUT2D eigenvalue weighted by atomic mass is 9.96. The van der Waals surface area contributed by atoms with Crippen LogP contribution < -0.4 is 10.5 Å². The molecule has 3 N–H and O–H groups in total. The van der Waals surface area contributed by atoms with Crippen LogP contribution in [-0.4, -0.2) is 14.5 Å². The molecule has 4 nitrogen and oxygen atoms in total. The second-order valence-electron chi connectivity index (χ2n) is 6.04. The van der Waals surface area contributed by atoms with E-state index in [4.69, 9.17) is 5.73 Å². The second-order valence-corrected chi connectivity index (χ2v) is 7.72. The molecule has 0 amide bonds. The molecule has 2 saturated carbocycles. The van der Waals surface area contributed by atoms with Crippen LogP contribution in [0.3, 0.4) is 0 Å². The molecule has 0 heterocycles. The van der Waals surface area contributed by atoms with Gasteiger partial charge in [-0.2, -0.15) is 0 Å². The Hall–Kier alpha value is -1.14. The predicted molar refractivity (Wildman–Crippen MR) is 75.1 cm³/mol. The van der Waals surface area contributed by atoms with Gasteiger partial charge in [-0.15, -0.1) is 0 Å². The number of sulfonamides is 1. The predicted octanol–water partition coefficient (Wildman–Crippen LogP) is 2.18. The number of fused-ring (bicyclic) bond motifs is 2. The minimum absolute atomic E-state index is 0.0549. The van der Waals surface area contributed by atoms with Crippen molar-refractivity contribution in [3.8, 4) is 0 Å². The van der Waals surface area contributed by atoms with Gasteiger partial charge in [0, 0.05) is 11.7 Å². The van der Waals surface area contributed by atoms with Crippen molar-refractivity contribution in [2.24, 2.45) is 11.8 Å². The molecule has 3 rings (SSSR count). The number of hydrogen-bond acceptors (Lipinski definition) is 3. The number of rotatable bonds is 3. The molecule has 3 atom stereocenters. The number of nitrogens with two attached hydrogens (primary N) is 1. The first-order chi connectivity index (χ1) is 9.37. The fourth-order valence-corrected chi connectivity index (χ4v) is 4.94. The number of nitrogens with one attached hydrogen (secondary N) is 1. The van der Waals surface area contributed by atoms with Crippen molar-refractivity contribution in [2.75, 3.05) is 5.73 Å². The molecule has 2 aliphatic carbocycles. The zero-order chi connectivity index (χ0) is 14.5. The average Bonchev–Trinajstić information content (AvgIpc) is 2.95. The zero-order valence-electron chi connectivity index (χ0n) is 11.4. The van der Waals surface area contributed by atoms with E-state index < -0.39 is 15.8 Å². The Bertz CT molecular complexity index is 645. The topological polar surface area (TPSA) is 72.2 Å². The first-order valence-corrected chi connectivity index (χ1v) is 8.43. The van der Waals surface area contributed by atoms with Gasteiger partial charge in [-0.1, -0.05) is 6.42 Å². The largest absolute Gasteiger partial charge is 0.398 e. The third-order valence-corrected chi connectivity index (χ3v) is 6.16. The van der Waals surface area contributed by atoms with Gasteiger partial charge in [-0.05, 0) is 55.7 Å².